The molecule has 0 aliphatic rings. The quantitative estimate of drug-likeness (QED) is 0.749. The SMILES string of the molecule is CCCN(CCC)c1nncc(Nc2ccccc2OC(C)C)n1. The van der Waals surface area contributed by atoms with Crippen LogP contribution >= 0.6 is 0 Å². The van der Waals surface area contributed by atoms with Crippen molar-refractivity contribution in [3.63, 3.8) is 0 Å². The maximum absolute atomic E-state index is 5.84. The van der Waals surface area contributed by atoms with Crippen molar-refractivity contribution in [2.45, 2.75) is 46.6 Å². The Bertz CT molecular complexity index is 626. The zero-order valence-corrected chi connectivity index (χ0v) is 15.0. The predicted octanol–water partition coefficient (Wildman–Crippen LogP) is 4.03. The second kappa shape index (κ2) is 9.05. The van der Waals surface area contributed by atoms with E-state index in [1.807, 2.05) is 38.1 Å². The summed E-state index contributed by atoms with van der Waals surface area (Å²) in [6.45, 7) is 10.2. The minimum absolute atomic E-state index is 0.108. The van der Waals surface area contributed by atoms with Crippen LogP contribution in [0.3, 0.4) is 0 Å². The van der Waals surface area contributed by atoms with Crippen LogP contribution in [-0.4, -0.2) is 34.4 Å². The van der Waals surface area contributed by atoms with Gasteiger partial charge in [0.05, 0.1) is 18.0 Å². The number of benzene rings is 1. The third-order valence-electron chi connectivity index (χ3n) is 3.33. The molecule has 0 unspecified atom stereocenters. The maximum atomic E-state index is 5.84. The molecule has 2 aromatic rings. The van der Waals surface area contributed by atoms with Gasteiger partial charge in [0.25, 0.3) is 0 Å². The number of hydrogen-bond acceptors (Lipinski definition) is 6. The average Bonchev–Trinajstić information content (AvgIpc) is 2.56. The second-order valence-corrected chi connectivity index (χ2v) is 5.92. The molecule has 1 heterocycles. The summed E-state index contributed by atoms with van der Waals surface area (Å²) in [6.07, 6.45) is 3.83. The molecule has 24 heavy (non-hydrogen) atoms. The van der Waals surface area contributed by atoms with E-state index in [1.54, 1.807) is 6.20 Å². The fourth-order valence-corrected chi connectivity index (χ4v) is 2.40. The molecule has 6 heteroatoms. The number of hydrogen-bond donors (Lipinski definition) is 1. The highest BCUT2D eigenvalue weighted by molar-refractivity contribution is 5.64. The van der Waals surface area contributed by atoms with Crippen LogP contribution in [0, 0.1) is 0 Å². The molecule has 1 aromatic heterocycles. The summed E-state index contributed by atoms with van der Waals surface area (Å²) in [7, 11) is 0. The Hall–Kier alpha value is -2.37. The van der Waals surface area contributed by atoms with Crippen LogP contribution in [0.2, 0.25) is 0 Å². The highest BCUT2D eigenvalue weighted by Gasteiger charge is 2.11. The van der Waals surface area contributed by atoms with Gasteiger partial charge in [0.2, 0.25) is 5.95 Å². The third kappa shape index (κ3) is 5.08. The monoisotopic (exact) mass is 329 g/mol. The minimum atomic E-state index is 0.108. The van der Waals surface area contributed by atoms with Crippen molar-refractivity contribution in [2.75, 3.05) is 23.3 Å². The molecule has 0 fully saturated rings. The fourth-order valence-electron chi connectivity index (χ4n) is 2.40. The van der Waals surface area contributed by atoms with Gasteiger partial charge in [-0.2, -0.15) is 10.1 Å². The van der Waals surface area contributed by atoms with Crippen LogP contribution in [0.25, 0.3) is 0 Å². The van der Waals surface area contributed by atoms with E-state index in [9.17, 15) is 0 Å². The molecular weight excluding hydrogens is 302 g/mol. The van der Waals surface area contributed by atoms with Gasteiger partial charge in [-0.1, -0.05) is 26.0 Å². The van der Waals surface area contributed by atoms with Gasteiger partial charge in [0, 0.05) is 13.1 Å². The average molecular weight is 329 g/mol. The van der Waals surface area contributed by atoms with E-state index in [-0.39, 0.29) is 6.10 Å². The molecule has 1 N–H and O–H groups in total. The van der Waals surface area contributed by atoms with Crippen LogP contribution in [0.4, 0.5) is 17.5 Å². The summed E-state index contributed by atoms with van der Waals surface area (Å²) in [5.74, 6) is 2.12. The van der Waals surface area contributed by atoms with E-state index in [0.717, 1.165) is 37.4 Å². The third-order valence-corrected chi connectivity index (χ3v) is 3.33. The molecule has 0 bridgehead atoms. The Morgan fingerprint density at radius 1 is 1.12 bits per heavy atom. The normalized spacial score (nSPS) is 10.7. The van der Waals surface area contributed by atoms with Crippen LogP contribution in [-0.2, 0) is 0 Å². The second-order valence-electron chi connectivity index (χ2n) is 5.92. The summed E-state index contributed by atoms with van der Waals surface area (Å²) in [6, 6.07) is 7.83. The molecule has 1 aromatic carbocycles. The number of nitrogens with one attached hydrogen (secondary N) is 1. The van der Waals surface area contributed by atoms with Crippen LogP contribution in [0.5, 0.6) is 5.75 Å². The van der Waals surface area contributed by atoms with Crippen LogP contribution in [0.1, 0.15) is 40.5 Å². The molecule has 0 amide bonds. The molecule has 0 atom stereocenters. The molecule has 0 radical (unpaired) electrons. The van der Waals surface area contributed by atoms with E-state index in [1.165, 1.54) is 0 Å². The fraction of sp³-hybridized carbons (Fsp3) is 0.500. The molecule has 130 valence electrons. The zero-order valence-electron chi connectivity index (χ0n) is 15.0. The van der Waals surface area contributed by atoms with Gasteiger partial charge in [0.15, 0.2) is 5.82 Å². The van der Waals surface area contributed by atoms with Gasteiger partial charge in [0.1, 0.15) is 5.75 Å². The first-order valence-corrected chi connectivity index (χ1v) is 8.61. The van der Waals surface area contributed by atoms with Crippen molar-refractivity contribution in [1.82, 2.24) is 15.2 Å². The van der Waals surface area contributed by atoms with Crippen molar-refractivity contribution in [3.8, 4) is 5.75 Å². The first-order valence-electron chi connectivity index (χ1n) is 8.61. The lowest BCUT2D eigenvalue weighted by Gasteiger charge is -2.21. The molecular formula is C18H27N5O. The summed E-state index contributed by atoms with van der Waals surface area (Å²) < 4.78 is 5.84. The minimum Gasteiger partial charge on any atom is -0.489 e. The van der Waals surface area contributed by atoms with E-state index in [2.05, 4.69) is 39.2 Å². The van der Waals surface area contributed by atoms with Crippen molar-refractivity contribution in [2.24, 2.45) is 0 Å². The Morgan fingerprint density at radius 3 is 2.50 bits per heavy atom. The number of ether oxygens (including phenoxy) is 1. The zero-order chi connectivity index (χ0) is 17.4. The van der Waals surface area contributed by atoms with Crippen LogP contribution in [0.15, 0.2) is 30.5 Å². The van der Waals surface area contributed by atoms with E-state index in [0.29, 0.717) is 11.8 Å². The molecule has 0 saturated carbocycles. The van der Waals surface area contributed by atoms with Gasteiger partial charge in [-0.25, -0.2) is 0 Å². The predicted molar refractivity (Wildman–Crippen MR) is 98.1 cm³/mol. The summed E-state index contributed by atoms with van der Waals surface area (Å²) in [5, 5.41) is 11.6. The largest absolute Gasteiger partial charge is 0.489 e. The molecule has 0 saturated heterocycles. The van der Waals surface area contributed by atoms with Crippen molar-refractivity contribution in [1.29, 1.82) is 0 Å². The molecule has 2 rings (SSSR count). The Balaban J connectivity index is 2.20. The van der Waals surface area contributed by atoms with Gasteiger partial charge in [-0.15, -0.1) is 5.10 Å². The first-order chi connectivity index (χ1) is 11.6. The molecule has 6 nitrogen and oxygen atoms in total. The first kappa shape index (κ1) is 18.0. The number of rotatable bonds is 9. The van der Waals surface area contributed by atoms with Gasteiger partial charge < -0.3 is 15.0 Å². The Kier molecular flexibility index (Phi) is 6.78. The Labute approximate surface area is 144 Å². The molecule has 0 aliphatic heterocycles. The number of anilines is 3. The van der Waals surface area contributed by atoms with Gasteiger partial charge in [-0.05, 0) is 38.8 Å². The van der Waals surface area contributed by atoms with E-state index < -0.39 is 0 Å². The van der Waals surface area contributed by atoms with Crippen molar-refractivity contribution in [3.05, 3.63) is 30.5 Å². The number of para-hydroxylation sites is 2. The lowest BCUT2D eigenvalue weighted by Crippen LogP contribution is -2.27. The summed E-state index contributed by atoms with van der Waals surface area (Å²) >= 11 is 0. The van der Waals surface area contributed by atoms with Crippen molar-refractivity contribution < 1.29 is 4.74 Å². The maximum Gasteiger partial charge on any atom is 0.247 e. The van der Waals surface area contributed by atoms with Gasteiger partial charge >= 0.3 is 0 Å². The number of aromatic nitrogens is 3. The molecule has 0 spiro atoms. The highest BCUT2D eigenvalue weighted by atomic mass is 16.5. The summed E-state index contributed by atoms with van der Waals surface area (Å²) in [5.41, 5.74) is 0.871. The smallest absolute Gasteiger partial charge is 0.247 e. The van der Waals surface area contributed by atoms with Gasteiger partial charge in [-0.3, -0.25) is 0 Å². The Morgan fingerprint density at radius 2 is 1.83 bits per heavy atom. The standard InChI is InChI=1S/C18H27N5O/c1-5-11-23(12-6-2)18-21-17(13-19-22-18)20-15-9-7-8-10-16(15)24-14(3)4/h7-10,13-14H,5-6,11-12H2,1-4H3,(H,20,21,22). The van der Waals surface area contributed by atoms with E-state index in [4.69, 9.17) is 4.74 Å². The van der Waals surface area contributed by atoms with E-state index >= 15 is 0 Å². The topological polar surface area (TPSA) is 63.2 Å². The number of nitrogens with zero attached hydrogens (tertiary/aromatic N) is 4. The van der Waals surface area contributed by atoms with Crippen molar-refractivity contribution >= 4 is 17.5 Å². The highest BCUT2D eigenvalue weighted by Crippen LogP contribution is 2.27. The lowest BCUT2D eigenvalue weighted by atomic mass is 10.3. The summed E-state index contributed by atoms with van der Waals surface area (Å²) in [4.78, 5) is 6.77. The van der Waals surface area contributed by atoms with Crippen LogP contribution < -0.4 is 15.0 Å². The lowest BCUT2D eigenvalue weighted by molar-refractivity contribution is 0.244. The molecule has 0 aliphatic carbocycles.